The summed E-state index contributed by atoms with van der Waals surface area (Å²) in [4.78, 5) is 6.79. The van der Waals surface area contributed by atoms with E-state index in [-0.39, 0.29) is 5.41 Å². The van der Waals surface area contributed by atoms with Crippen LogP contribution >= 0.6 is 0 Å². The number of likely N-dealkylation sites (N-methyl/N-ethyl adjacent to an activating group) is 1. The highest BCUT2D eigenvalue weighted by Gasteiger charge is 2.25. The number of rotatable bonds is 2. The van der Waals surface area contributed by atoms with Gasteiger partial charge >= 0.3 is 0 Å². The summed E-state index contributed by atoms with van der Waals surface area (Å²) in [7, 11) is 2.11. The van der Waals surface area contributed by atoms with Crippen LogP contribution in [0.3, 0.4) is 0 Å². The molecule has 1 aliphatic heterocycles. The van der Waals surface area contributed by atoms with Crippen LogP contribution in [0.4, 0.5) is 5.82 Å². The lowest BCUT2D eigenvalue weighted by Gasteiger charge is -2.36. The van der Waals surface area contributed by atoms with E-state index in [9.17, 15) is 0 Å². The highest BCUT2D eigenvalue weighted by Crippen LogP contribution is 2.26. The van der Waals surface area contributed by atoms with E-state index in [1.54, 1.807) is 0 Å². The Kier molecular flexibility index (Phi) is 2.74. The van der Waals surface area contributed by atoms with Crippen molar-refractivity contribution in [3.8, 4) is 0 Å². The molecule has 0 radical (unpaired) electrons. The van der Waals surface area contributed by atoms with E-state index in [1.165, 1.54) is 0 Å². The maximum atomic E-state index is 4.66. The molecule has 0 aliphatic carbocycles. The third-order valence-corrected chi connectivity index (χ3v) is 3.78. The summed E-state index contributed by atoms with van der Waals surface area (Å²) in [6, 6.07) is 2.69. The molecule has 2 aromatic rings. The molecule has 102 valence electrons. The van der Waals surface area contributed by atoms with Crippen LogP contribution in [0.1, 0.15) is 26.5 Å². The first-order valence-electron chi connectivity index (χ1n) is 6.75. The van der Waals surface area contributed by atoms with Crippen molar-refractivity contribution in [2.75, 3.05) is 25.0 Å². The van der Waals surface area contributed by atoms with Gasteiger partial charge in [-0.2, -0.15) is 5.10 Å². The molecular weight excluding hydrogens is 238 g/mol. The number of nitrogens with one attached hydrogen (secondary N) is 1. The van der Waals surface area contributed by atoms with E-state index in [2.05, 4.69) is 54.2 Å². The van der Waals surface area contributed by atoms with Gasteiger partial charge in [-0.15, -0.1) is 0 Å². The number of nitrogens with zero attached hydrogens (tertiary/aromatic N) is 4. The molecule has 0 bridgehead atoms. The molecule has 0 aromatic carbocycles. The number of fused-ring (bicyclic) bond motifs is 1. The molecular formula is C14H21N5. The van der Waals surface area contributed by atoms with Gasteiger partial charge in [0, 0.05) is 37.9 Å². The van der Waals surface area contributed by atoms with Gasteiger partial charge in [-0.05, 0) is 6.07 Å². The van der Waals surface area contributed by atoms with Gasteiger partial charge in [0.05, 0.1) is 11.7 Å². The number of aromatic nitrogens is 3. The molecule has 19 heavy (non-hydrogen) atoms. The molecule has 2 aromatic heterocycles. The zero-order chi connectivity index (χ0) is 13.6. The summed E-state index contributed by atoms with van der Waals surface area (Å²) in [6.07, 6.45) is 3.74. The van der Waals surface area contributed by atoms with Gasteiger partial charge in [-0.1, -0.05) is 20.8 Å². The zero-order valence-electron chi connectivity index (χ0n) is 12.0. The zero-order valence-corrected chi connectivity index (χ0v) is 12.0. The first kappa shape index (κ1) is 12.4. The van der Waals surface area contributed by atoms with E-state index in [0.717, 1.165) is 30.1 Å². The minimum Gasteiger partial charge on any atom is -0.352 e. The van der Waals surface area contributed by atoms with Crippen molar-refractivity contribution in [2.24, 2.45) is 0 Å². The topological polar surface area (TPSA) is 45.5 Å². The SMILES string of the molecule is CN(c1nccn2nc(C(C)(C)C)cc12)C1CNC1. The molecule has 5 nitrogen and oxygen atoms in total. The summed E-state index contributed by atoms with van der Waals surface area (Å²) in [5.74, 6) is 1.01. The summed E-state index contributed by atoms with van der Waals surface area (Å²) >= 11 is 0. The molecule has 0 unspecified atom stereocenters. The van der Waals surface area contributed by atoms with Gasteiger partial charge in [0.2, 0.25) is 0 Å². The van der Waals surface area contributed by atoms with Crippen molar-refractivity contribution in [3.05, 3.63) is 24.2 Å². The van der Waals surface area contributed by atoms with Crippen molar-refractivity contribution < 1.29 is 0 Å². The Morgan fingerprint density at radius 2 is 2.11 bits per heavy atom. The Hall–Kier alpha value is -1.62. The monoisotopic (exact) mass is 259 g/mol. The summed E-state index contributed by atoms with van der Waals surface area (Å²) in [5.41, 5.74) is 2.24. The third-order valence-electron chi connectivity index (χ3n) is 3.78. The van der Waals surface area contributed by atoms with Crippen molar-refractivity contribution >= 4 is 11.3 Å². The van der Waals surface area contributed by atoms with E-state index < -0.39 is 0 Å². The standard InChI is InChI=1S/C14H21N5/c1-14(2,3)12-7-11-13(16-5-6-19(11)17-12)18(4)10-8-15-9-10/h5-7,10,15H,8-9H2,1-4H3. The van der Waals surface area contributed by atoms with Crippen LogP contribution in [0.5, 0.6) is 0 Å². The Bertz CT molecular complexity index is 591. The molecule has 1 N–H and O–H groups in total. The van der Waals surface area contributed by atoms with E-state index in [1.807, 2.05) is 16.9 Å². The second-order valence-corrected chi connectivity index (χ2v) is 6.28. The molecule has 0 saturated carbocycles. The van der Waals surface area contributed by atoms with Gasteiger partial charge < -0.3 is 10.2 Å². The minimum atomic E-state index is 0.0554. The minimum absolute atomic E-state index is 0.0554. The van der Waals surface area contributed by atoms with Crippen molar-refractivity contribution in [2.45, 2.75) is 32.2 Å². The highest BCUT2D eigenvalue weighted by molar-refractivity contribution is 5.69. The fourth-order valence-electron chi connectivity index (χ4n) is 2.27. The number of anilines is 1. The van der Waals surface area contributed by atoms with Crippen LogP contribution in [0, 0.1) is 0 Å². The molecule has 1 saturated heterocycles. The van der Waals surface area contributed by atoms with Gasteiger partial charge in [0.1, 0.15) is 5.52 Å². The summed E-state index contributed by atoms with van der Waals surface area (Å²) < 4.78 is 1.94. The lowest BCUT2D eigenvalue weighted by molar-refractivity contribution is 0.427. The highest BCUT2D eigenvalue weighted by atomic mass is 15.3. The van der Waals surface area contributed by atoms with Crippen LogP contribution in [-0.4, -0.2) is 40.8 Å². The quantitative estimate of drug-likeness (QED) is 0.886. The molecule has 1 fully saturated rings. The Balaban J connectivity index is 2.07. The molecule has 0 spiro atoms. The average Bonchev–Trinajstić information content (AvgIpc) is 2.69. The predicted octanol–water partition coefficient (Wildman–Crippen LogP) is 1.43. The molecule has 1 aliphatic rings. The van der Waals surface area contributed by atoms with Crippen LogP contribution in [0.2, 0.25) is 0 Å². The van der Waals surface area contributed by atoms with E-state index >= 15 is 0 Å². The van der Waals surface area contributed by atoms with Crippen molar-refractivity contribution in [1.82, 2.24) is 19.9 Å². The van der Waals surface area contributed by atoms with Crippen LogP contribution in [0.15, 0.2) is 18.5 Å². The Labute approximate surface area is 113 Å². The largest absolute Gasteiger partial charge is 0.352 e. The maximum absolute atomic E-state index is 4.66. The van der Waals surface area contributed by atoms with Crippen molar-refractivity contribution in [1.29, 1.82) is 0 Å². The molecule has 3 rings (SSSR count). The van der Waals surface area contributed by atoms with Gasteiger partial charge in [0.15, 0.2) is 5.82 Å². The molecule has 5 heteroatoms. The second-order valence-electron chi connectivity index (χ2n) is 6.28. The smallest absolute Gasteiger partial charge is 0.154 e. The first-order chi connectivity index (χ1) is 8.97. The summed E-state index contributed by atoms with van der Waals surface area (Å²) in [5, 5.41) is 7.96. The Morgan fingerprint density at radius 1 is 1.37 bits per heavy atom. The van der Waals surface area contributed by atoms with E-state index in [4.69, 9.17) is 0 Å². The molecule has 3 heterocycles. The number of hydrogen-bond acceptors (Lipinski definition) is 4. The predicted molar refractivity (Wildman–Crippen MR) is 76.7 cm³/mol. The average molecular weight is 259 g/mol. The molecule has 0 amide bonds. The van der Waals surface area contributed by atoms with Crippen LogP contribution in [0.25, 0.3) is 5.52 Å². The maximum Gasteiger partial charge on any atom is 0.154 e. The summed E-state index contributed by atoms with van der Waals surface area (Å²) in [6.45, 7) is 8.60. The normalized spacial score (nSPS) is 16.6. The van der Waals surface area contributed by atoms with Gasteiger partial charge in [-0.3, -0.25) is 0 Å². The lowest BCUT2D eigenvalue weighted by Crippen LogP contribution is -2.56. The lowest BCUT2D eigenvalue weighted by atomic mass is 9.92. The number of hydrogen-bond donors (Lipinski definition) is 1. The Morgan fingerprint density at radius 3 is 2.68 bits per heavy atom. The van der Waals surface area contributed by atoms with Crippen LogP contribution < -0.4 is 10.2 Å². The first-order valence-corrected chi connectivity index (χ1v) is 6.75. The van der Waals surface area contributed by atoms with Gasteiger partial charge in [0.25, 0.3) is 0 Å². The van der Waals surface area contributed by atoms with E-state index in [0.29, 0.717) is 6.04 Å². The second kappa shape index (κ2) is 4.20. The van der Waals surface area contributed by atoms with Gasteiger partial charge in [-0.25, -0.2) is 9.50 Å². The fraction of sp³-hybridized carbons (Fsp3) is 0.571. The van der Waals surface area contributed by atoms with Crippen LogP contribution in [-0.2, 0) is 5.41 Å². The third kappa shape index (κ3) is 2.08. The fourth-order valence-corrected chi connectivity index (χ4v) is 2.27. The van der Waals surface area contributed by atoms with Crippen molar-refractivity contribution in [3.63, 3.8) is 0 Å². The molecule has 0 atom stereocenters.